The predicted octanol–water partition coefficient (Wildman–Crippen LogP) is -0.239. The van der Waals surface area contributed by atoms with Crippen LogP contribution in [-0.4, -0.2) is 57.9 Å². The molecule has 0 aliphatic heterocycles. The van der Waals surface area contributed by atoms with Gasteiger partial charge < -0.3 is 19.5 Å². The van der Waals surface area contributed by atoms with Gasteiger partial charge in [0.15, 0.2) is 5.78 Å². The SMILES string of the molecule is CCOCC(=O)NCCOCCOCC(C)=O. The summed E-state index contributed by atoms with van der Waals surface area (Å²) in [5.41, 5.74) is 0. The Morgan fingerprint density at radius 1 is 1.00 bits per heavy atom. The molecule has 100 valence electrons. The van der Waals surface area contributed by atoms with Gasteiger partial charge in [0.1, 0.15) is 13.2 Å². The summed E-state index contributed by atoms with van der Waals surface area (Å²) in [5.74, 6) is -0.156. The molecule has 0 spiro atoms. The Morgan fingerprint density at radius 3 is 2.35 bits per heavy atom. The molecule has 0 radical (unpaired) electrons. The van der Waals surface area contributed by atoms with E-state index in [2.05, 4.69) is 5.32 Å². The number of ketones is 1. The second kappa shape index (κ2) is 11.5. The first-order valence-electron chi connectivity index (χ1n) is 5.66. The lowest BCUT2D eigenvalue weighted by Crippen LogP contribution is -2.30. The average Bonchev–Trinajstić information content (AvgIpc) is 2.29. The van der Waals surface area contributed by atoms with Gasteiger partial charge in [-0.05, 0) is 13.8 Å². The number of carbonyl (C=O) groups is 2. The van der Waals surface area contributed by atoms with Crippen LogP contribution in [0, 0.1) is 0 Å². The van der Waals surface area contributed by atoms with Gasteiger partial charge in [0, 0.05) is 13.2 Å². The fourth-order valence-electron chi connectivity index (χ4n) is 0.944. The van der Waals surface area contributed by atoms with E-state index in [1.807, 2.05) is 6.92 Å². The first-order chi connectivity index (χ1) is 8.16. The maximum atomic E-state index is 11.1. The lowest BCUT2D eigenvalue weighted by molar-refractivity contribution is -0.126. The molecule has 0 bridgehead atoms. The molecule has 0 rings (SSSR count). The zero-order valence-corrected chi connectivity index (χ0v) is 10.5. The fraction of sp³-hybridized carbons (Fsp3) is 0.818. The molecule has 1 N–H and O–H groups in total. The number of hydrogen-bond donors (Lipinski definition) is 1. The monoisotopic (exact) mass is 247 g/mol. The van der Waals surface area contributed by atoms with E-state index in [1.54, 1.807) is 0 Å². The van der Waals surface area contributed by atoms with Crippen LogP contribution in [0.2, 0.25) is 0 Å². The van der Waals surface area contributed by atoms with Crippen molar-refractivity contribution in [3.05, 3.63) is 0 Å². The predicted molar refractivity (Wildman–Crippen MR) is 61.8 cm³/mol. The molecule has 0 aromatic rings. The van der Waals surface area contributed by atoms with Crippen LogP contribution in [0.4, 0.5) is 0 Å². The third kappa shape index (κ3) is 13.0. The number of carbonyl (C=O) groups excluding carboxylic acids is 2. The van der Waals surface area contributed by atoms with Gasteiger partial charge in [0.05, 0.1) is 19.8 Å². The van der Waals surface area contributed by atoms with Gasteiger partial charge in [-0.15, -0.1) is 0 Å². The fourth-order valence-corrected chi connectivity index (χ4v) is 0.944. The highest BCUT2D eigenvalue weighted by Gasteiger charge is 1.99. The number of ether oxygens (including phenoxy) is 3. The van der Waals surface area contributed by atoms with Crippen molar-refractivity contribution < 1.29 is 23.8 Å². The minimum atomic E-state index is -0.150. The van der Waals surface area contributed by atoms with Gasteiger partial charge in [-0.2, -0.15) is 0 Å². The van der Waals surface area contributed by atoms with Crippen LogP contribution in [-0.2, 0) is 23.8 Å². The Morgan fingerprint density at radius 2 is 1.71 bits per heavy atom. The largest absolute Gasteiger partial charge is 0.377 e. The minimum Gasteiger partial charge on any atom is -0.377 e. The maximum absolute atomic E-state index is 11.1. The van der Waals surface area contributed by atoms with E-state index in [1.165, 1.54) is 6.92 Å². The zero-order chi connectivity index (χ0) is 12.9. The van der Waals surface area contributed by atoms with Gasteiger partial charge in [-0.1, -0.05) is 0 Å². The van der Waals surface area contributed by atoms with Crippen molar-refractivity contribution in [3.63, 3.8) is 0 Å². The summed E-state index contributed by atoms with van der Waals surface area (Å²) in [5, 5.41) is 2.64. The van der Waals surface area contributed by atoms with Crippen molar-refractivity contribution in [2.45, 2.75) is 13.8 Å². The van der Waals surface area contributed by atoms with Gasteiger partial charge in [-0.3, -0.25) is 9.59 Å². The highest BCUT2D eigenvalue weighted by molar-refractivity contribution is 5.77. The molecule has 0 fully saturated rings. The van der Waals surface area contributed by atoms with Crippen LogP contribution >= 0.6 is 0 Å². The molecule has 0 heterocycles. The molecule has 0 aliphatic carbocycles. The van der Waals surface area contributed by atoms with Gasteiger partial charge in [0.25, 0.3) is 0 Å². The van der Waals surface area contributed by atoms with E-state index in [9.17, 15) is 9.59 Å². The normalized spacial score (nSPS) is 10.2. The summed E-state index contributed by atoms with van der Waals surface area (Å²) in [6.07, 6.45) is 0. The number of amides is 1. The summed E-state index contributed by atoms with van der Waals surface area (Å²) in [7, 11) is 0. The molecule has 17 heavy (non-hydrogen) atoms. The van der Waals surface area contributed by atoms with E-state index in [-0.39, 0.29) is 24.9 Å². The molecule has 0 unspecified atom stereocenters. The van der Waals surface area contributed by atoms with Gasteiger partial charge in [-0.25, -0.2) is 0 Å². The first kappa shape index (κ1) is 16.0. The van der Waals surface area contributed by atoms with Crippen LogP contribution in [0.1, 0.15) is 13.8 Å². The van der Waals surface area contributed by atoms with Crippen molar-refractivity contribution >= 4 is 11.7 Å². The van der Waals surface area contributed by atoms with Crippen molar-refractivity contribution in [3.8, 4) is 0 Å². The molecule has 0 atom stereocenters. The Kier molecular flexibility index (Phi) is 10.8. The maximum Gasteiger partial charge on any atom is 0.246 e. The van der Waals surface area contributed by atoms with Gasteiger partial charge in [0.2, 0.25) is 5.91 Å². The summed E-state index contributed by atoms with van der Waals surface area (Å²) in [6.45, 7) is 5.68. The molecule has 6 heteroatoms. The van der Waals surface area contributed by atoms with Crippen molar-refractivity contribution in [1.29, 1.82) is 0 Å². The minimum absolute atomic E-state index is 0.00631. The van der Waals surface area contributed by atoms with Crippen molar-refractivity contribution in [2.75, 3.05) is 46.2 Å². The Labute approximate surface area is 102 Å². The standard InChI is InChI=1S/C11H21NO5/c1-3-15-9-11(14)12-4-5-16-6-7-17-8-10(2)13/h3-9H2,1-2H3,(H,12,14). The molecule has 0 saturated heterocycles. The van der Waals surface area contributed by atoms with Crippen LogP contribution in [0.3, 0.4) is 0 Å². The molecular weight excluding hydrogens is 226 g/mol. The second-order valence-electron chi connectivity index (χ2n) is 3.35. The lowest BCUT2D eigenvalue weighted by Gasteiger charge is -2.06. The average molecular weight is 247 g/mol. The van der Waals surface area contributed by atoms with E-state index < -0.39 is 0 Å². The Hall–Kier alpha value is -0.980. The molecule has 0 aliphatic rings. The molecule has 0 aromatic carbocycles. The third-order valence-corrected chi connectivity index (χ3v) is 1.68. The summed E-state index contributed by atoms with van der Waals surface area (Å²) in [6, 6.07) is 0. The van der Waals surface area contributed by atoms with Crippen LogP contribution < -0.4 is 5.32 Å². The number of hydrogen-bond acceptors (Lipinski definition) is 5. The topological polar surface area (TPSA) is 73.9 Å². The number of Topliss-reactive ketones (excluding diaryl/α,β-unsaturated/α-hetero) is 1. The summed E-state index contributed by atoms with van der Waals surface area (Å²) >= 11 is 0. The van der Waals surface area contributed by atoms with Crippen molar-refractivity contribution in [2.24, 2.45) is 0 Å². The van der Waals surface area contributed by atoms with Crippen LogP contribution in [0.25, 0.3) is 0 Å². The molecule has 0 aromatic heterocycles. The Balaban J connectivity index is 3.12. The summed E-state index contributed by atoms with van der Waals surface area (Å²) in [4.78, 5) is 21.6. The second-order valence-corrected chi connectivity index (χ2v) is 3.35. The van der Waals surface area contributed by atoms with E-state index in [4.69, 9.17) is 14.2 Å². The number of nitrogens with one attached hydrogen (secondary N) is 1. The highest BCUT2D eigenvalue weighted by Crippen LogP contribution is 1.80. The van der Waals surface area contributed by atoms with E-state index in [0.29, 0.717) is 33.0 Å². The third-order valence-electron chi connectivity index (χ3n) is 1.68. The van der Waals surface area contributed by atoms with E-state index >= 15 is 0 Å². The van der Waals surface area contributed by atoms with Crippen molar-refractivity contribution in [1.82, 2.24) is 5.32 Å². The quantitative estimate of drug-likeness (QED) is 0.510. The lowest BCUT2D eigenvalue weighted by atomic mass is 10.5. The first-order valence-corrected chi connectivity index (χ1v) is 5.66. The zero-order valence-electron chi connectivity index (χ0n) is 10.5. The van der Waals surface area contributed by atoms with Crippen LogP contribution in [0.15, 0.2) is 0 Å². The van der Waals surface area contributed by atoms with E-state index in [0.717, 1.165) is 0 Å². The van der Waals surface area contributed by atoms with Crippen LogP contribution in [0.5, 0.6) is 0 Å². The molecule has 1 amide bonds. The molecule has 6 nitrogen and oxygen atoms in total. The summed E-state index contributed by atoms with van der Waals surface area (Å²) < 4.78 is 15.1. The molecule has 0 saturated carbocycles. The smallest absolute Gasteiger partial charge is 0.246 e. The highest BCUT2D eigenvalue weighted by atomic mass is 16.5. The molecular formula is C11H21NO5. The van der Waals surface area contributed by atoms with Gasteiger partial charge >= 0.3 is 0 Å². The number of rotatable bonds is 11. The Bertz CT molecular complexity index is 220.